The molecule has 3 rings (SSSR count). The molecule has 1 amide bonds. The number of hydrogen-bond acceptors (Lipinski definition) is 3. The molecule has 0 saturated carbocycles. The van der Waals surface area contributed by atoms with Crippen LogP contribution in [-0.2, 0) is 0 Å². The van der Waals surface area contributed by atoms with Gasteiger partial charge in [0.15, 0.2) is 0 Å². The Kier molecular flexibility index (Phi) is 3.20. The molecule has 3 aromatic carbocycles. The zero-order valence-corrected chi connectivity index (χ0v) is 11.2. The fraction of sp³-hybridized carbons (Fsp3) is 0. The van der Waals surface area contributed by atoms with Crippen LogP contribution in [0.5, 0.6) is 5.75 Å². The Morgan fingerprint density at radius 2 is 1.76 bits per heavy atom. The zero-order chi connectivity index (χ0) is 14.8. The summed E-state index contributed by atoms with van der Waals surface area (Å²) < 4.78 is 0. The first-order chi connectivity index (χ1) is 10.1. The maximum absolute atomic E-state index is 12.1. The minimum absolute atomic E-state index is 0.200. The molecule has 0 aliphatic carbocycles. The number of nitrogens with two attached hydrogens (primary N) is 1. The Labute approximate surface area is 121 Å². The van der Waals surface area contributed by atoms with Crippen molar-refractivity contribution in [3.05, 3.63) is 66.2 Å². The van der Waals surface area contributed by atoms with Crippen LogP contribution >= 0.6 is 0 Å². The first kappa shape index (κ1) is 13.0. The molecule has 0 radical (unpaired) electrons. The highest BCUT2D eigenvalue weighted by atomic mass is 16.3. The van der Waals surface area contributed by atoms with Crippen LogP contribution in [0.1, 0.15) is 10.4 Å². The van der Waals surface area contributed by atoms with E-state index < -0.39 is 0 Å². The van der Waals surface area contributed by atoms with E-state index in [4.69, 9.17) is 5.73 Å². The van der Waals surface area contributed by atoms with Gasteiger partial charge in [-0.25, -0.2) is 0 Å². The van der Waals surface area contributed by atoms with Gasteiger partial charge in [-0.05, 0) is 53.9 Å². The first-order valence-corrected chi connectivity index (χ1v) is 6.52. The fourth-order valence-corrected chi connectivity index (χ4v) is 2.18. The van der Waals surface area contributed by atoms with Crippen molar-refractivity contribution in [3.63, 3.8) is 0 Å². The number of phenols is 1. The molecule has 104 valence electrons. The van der Waals surface area contributed by atoms with E-state index >= 15 is 0 Å². The molecule has 0 unspecified atom stereocenters. The van der Waals surface area contributed by atoms with E-state index in [1.165, 1.54) is 0 Å². The van der Waals surface area contributed by atoms with Crippen molar-refractivity contribution in [2.45, 2.75) is 0 Å². The highest BCUT2D eigenvalue weighted by molar-refractivity contribution is 6.05. The molecule has 0 heterocycles. The number of aromatic hydroxyl groups is 1. The zero-order valence-electron chi connectivity index (χ0n) is 11.2. The second-order valence-electron chi connectivity index (χ2n) is 4.79. The third-order valence-electron chi connectivity index (χ3n) is 3.29. The molecule has 4 nitrogen and oxygen atoms in total. The SMILES string of the molecule is Nc1ccc(C(=O)Nc2ccc3c(O)cccc3c2)cc1. The molecule has 21 heavy (non-hydrogen) atoms. The van der Waals surface area contributed by atoms with Crippen LogP contribution in [-0.4, -0.2) is 11.0 Å². The number of carbonyl (C=O) groups is 1. The molecule has 4 N–H and O–H groups in total. The molecule has 0 atom stereocenters. The van der Waals surface area contributed by atoms with E-state index in [-0.39, 0.29) is 11.7 Å². The van der Waals surface area contributed by atoms with Crippen LogP contribution < -0.4 is 11.1 Å². The average Bonchev–Trinajstić information content (AvgIpc) is 2.48. The van der Waals surface area contributed by atoms with Gasteiger partial charge in [-0.3, -0.25) is 4.79 Å². The van der Waals surface area contributed by atoms with Crippen LogP contribution in [0.25, 0.3) is 10.8 Å². The van der Waals surface area contributed by atoms with Crippen LogP contribution in [0.2, 0.25) is 0 Å². The molecule has 0 bridgehead atoms. The summed E-state index contributed by atoms with van der Waals surface area (Å²) in [7, 11) is 0. The minimum atomic E-state index is -0.200. The van der Waals surface area contributed by atoms with Crippen molar-refractivity contribution < 1.29 is 9.90 Å². The van der Waals surface area contributed by atoms with Gasteiger partial charge in [-0.1, -0.05) is 12.1 Å². The lowest BCUT2D eigenvalue weighted by atomic mass is 10.1. The molecule has 4 heteroatoms. The Bertz CT molecular complexity index is 811. The average molecular weight is 278 g/mol. The van der Waals surface area contributed by atoms with Crippen LogP contribution in [0.15, 0.2) is 60.7 Å². The molecule has 0 aromatic heterocycles. The smallest absolute Gasteiger partial charge is 0.255 e. The van der Waals surface area contributed by atoms with E-state index in [1.54, 1.807) is 48.5 Å². The Hall–Kier alpha value is -3.01. The third kappa shape index (κ3) is 2.65. The molecule has 0 aliphatic rings. The number of benzene rings is 3. The lowest BCUT2D eigenvalue weighted by Gasteiger charge is -2.07. The Morgan fingerprint density at radius 3 is 2.52 bits per heavy atom. The van der Waals surface area contributed by atoms with E-state index in [2.05, 4.69) is 5.32 Å². The summed E-state index contributed by atoms with van der Waals surface area (Å²) in [5.41, 5.74) is 7.44. The summed E-state index contributed by atoms with van der Waals surface area (Å²) in [5.74, 6) is 0.0263. The normalized spacial score (nSPS) is 10.5. The summed E-state index contributed by atoms with van der Waals surface area (Å²) in [4.78, 5) is 12.1. The monoisotopic (exact) mass is 278 g/mol. The van der Waals surface area contributed by atoms with Gasteiger partial charge in [0.25, 0.3) is 5.91 Å². The largest absolute Gasteiger partial charge is 0.507 e. The van der Waals surface area contributed by atoms with Gasteiger partial charge < -0.3 is 16.2 Å². The summed E-state index contributed by atoms with van der Waals surface area (Å²) in [6, 6.07) is 17.4. The maximum atomic E-state index is 12.1. The first-order valence-electron chi connectivity index (χ1n) is 6.52. The molecule has 0 saturated heterocycles. The molecule has 0 fully saturated rings. The van der Waals surface area contributed by atoms with Gasteiger partial charge >= 0.3 is 0 Å². The van der Waals surface area contributed by atoms with Gasteiger partial charge in [0.2, 0.25) is 0 Å². The highest BCUT2D eigenvalue weighted by Gasteiger charge is 2.07. The third-order valence-corrected chi connectivity index (χ3v) is 3.29. The quantitative estimate of drug-likeness (QED) is 0.629. The number of carbonyl (C=O) groups excluding carboxylic acids is 1. The van der Waals surface area contributed by atoms with Crippen LogP contribution in [0, 0.1) is 0 Å². The van der Waals surface area contributed by atoms with Gasteiger partial charge in [0, 0.05) is 22.3 Å². The summed E-state index contributed by atoms with van der Waals surface area (Å²) in [5, 5.41) is 14.2. The molecule has 3 aromatic rings. The van der Waals surface area contributed by atoms with Crippen molar-refractivity contribution in [2.75, 3.05) is 11.1 Å². The van der Waals surface area contributed by atoms with Gasteiger partial charge in [0.1, 0.15) is 5.75 Å². The lowest BCUT2D eigenvalue weighted by molar-refractivity contribution is 0.102. The predicted octanol–water partition coefficient (Wildman–Crippen LogP) is 3.38. The number of phenolic OH excluding ortho intramolecular Hbond substituents is 1. The standard InChI is InChI=1S/C17H14N2O2/c18-13-6-4-11(5-7-13)17(21)19-14-8-9-15-12(10-14)2-1-3-16(15)20/h1-10,20H,18H2,(H,19,21). The molecule has 0 aliphatic heterocycles. The predicted molar refractivity (Wildman–Crippen MR) is 84.4 cm³/mol. The molecular formula is C17H14N2O2. The Morgan fingerprint density at radius 1 is 1.00 bits per heavy atom. The van der Waals surface area contributed by atoms with E-state index in [0.29, 0.717) is 16.9 Å². The van der Waals surface area contributed by atoms with Gasteiger partial charge in [0.05, 0.1) is 0 Å². The van der Waals surface area contributed by atoms with Crippen LogP contribution in [0.3, 0.4) is 0 Å². The van der Waals surface area contributed by atoms with E-state index in [1.807, 2.05) is 12.1 Å². The number of anilines is 2. The highest BCUT2D eigenvalue weighted by Crippen LogP contribution is 2.26. The second-order valence-corrected chi connectivity index (χ2v) is 4.79. The molecule has 0 spiro atoms. The summed E-state index contributed by atoms with van der Waals surface area (Å²) >= 11 is 0. The van der Waals surface area contributed by atoms with Crippen molar-refractivity contribution in [3.8, 4) is 5.75 Å². The minimum Gasteiger partial charge on any atom is -0.507 e. The van der Waals surface area contributed by atoms with Crippen molar-refractivity contribution in [2.24, 2.45) is 0 Å². The van der Waals surface area contributed by atoms with E-state index in [0.717, 1.165) is 10.8 Å². The van der Waals surface area contributed by atoms with Crippen molar-refractivity contribution in [1.29, 1.82) is 0 Å². The van der Waals surface area contributed by atoms with Crippen LogP contribution in [0.4, 0.5) is 11.4 Å². The number of fused-ring (bicyclic) bond motifs is 1. The number of rotatable bonds is 2. The van der Waals surface area contributed by atoms with Gasteiger partial charge in [-0.15, -0.1) is 0 Å². The number of hydrogen-bond donors (Lipinski definition) is 3. The number of nitrogen functional groups attached to an aromatic ring is 1. The number of amides is 1. The van der Waals surface area contributed by atoms with Crippen molar-refractivity contribution >= 4 is 28.1 Å². The van der Waals surface area contributed by atoms with Gasteiger partial charge in [-0.2, -0.15) is 0 Å². The topological polar surface area (TPSA) is 75.4 Å². The molecular weight excluding hydrogens is 264 g/mol. The summed E-state index contributed by atoms with van der Waals surface area (Å²) in [6.45, 7) is 0. The van der Waals surface area contributed by atoms with Crippen molar-refractivity contribution in [1.82, 2.24) is 0 Å². The summed E-state index contributed by atoms with van der Waals surface area (Å²) in [6.07, 6.45) is 0. The number of nitrogens with one attached hydrogen (secondary N) is 1. The lowest BCUT2D eigenvalue weighted by Crippen LogP contribution is -2.11. The van der Waals surface area contributed by atoms with E-state index in [9.17, 15) is 9.90 Å². The maximum Gasteiger partial charge on any atom is 0.255 e. The Balaban J connectivity index is 1.88. The fourth-order valence-electron chi connectivity index (χ4n) is 2.18. The second kappa shape index (κ2) is 5.17.